The molecule has 1 aromatic carbocycles. The first-order valence-corrected chi connectivity index (χ1v) is 7.20. The van der Waals surface area contributed by atoms with Crippen LogP contribution in [0.15, 0.2) is 48.9 Å². The normalized spacial score (nSPS) is 13.2. The second kappa shape index (κ2) is 6.12. The molecule has 0 aliphatic carbocycles. The van der Waals surface area contributed by atoms with Gasteiger partial charge in [-0.2, -0.15) is 18.3 Å². The first-order chi connectivity index (χ1) is 11.4. The van der Waals surface area contributed by atoms with Crippen molar-refractivity contribution in [1.29, 1.82) is 0 Å². The Morgan fingerprint density at radius 3 is 2.58 bits per heavy atom. The molecule has 5 nitrogen and oxygen atoms in total. The van der Waals surface area contributed by atoms with E-state index in [0.717, 1.165) is 4.68 Å². The molecular formula is C16H15F3N4O. The highest BCUT2D eigenvalue weighted by Crippen LogP contribution is 2.32. The molecule has 1 atom stereocenters. The summed E-state index contributed by atoms with van der Waals surface area (Å²) in [6.07, 6.45) is -1.35. The Morgan fingerprint density at radius 2 is 1.92 bits per heavy atom. The number of hydrogen-bond acceptors (Lipinski definition) is 3. The fraction of sp³-hybridized carbons (Fsp3) is 0.250. The van der Waals surface area contributed by atoms with E-state index in [9.17, 15) is 18.3 Å². The van der Waals surface area contributed by atoms with Gasteiger partial charge in [-0.1, -0.05) is 30.3 Å². The molecule has 0 aliphatic heterocycles. The molecule has 0 bridgehead atoms. The zero-order chi connectivity index (χ0) is 17.3. The van der Waals surface area contributed by atoms with Gasteiger partial charge in [-0.05, 0) is 5.56 Å². The molecule has 1 unspecified atom stereocenters. The number of aromatic nitrogens is 4. The van der Waals surface area contributed by atoms with Gasteiger partial charge in [0.15, 0.2) is 0 Å². The van der Waals surface area contributed by atoms with Crippen molar-refractivity contribution in [3.8, 4) is 0 Å². The Labute approximate surface area is 136 Å². The standard InChI is InChI=1S/C16H15F3N4O/c1-22-14(16(17,18)19)12(9-21-22)10-23-8-7-20-15(23)13(24)11-5-3-2-4-6-11/h2-9,13,24H,10H2,1H3. The van der Waals surface area contributed by atoms with Gasteiger partial charge >= 0.3 is 6.18 Å². The maximum absolute atomic E-state index is 13.2. The van der Waals surface area contributed by atoms with Crippen LogP contribution in [0.1, 0.15) is 28.7 Å². The summed E-state index contributed by atoms with van der Waals surface area (Å²) in [7, 11) is 1.25. The van der Waals surface area contributed by atoms with Crippen molar-refractivity contribution in [2.75, 3.05) is 0 Å². The number of halogens is 3. The number of benzene rings is 1. The van der Waals surface area contributed by atoms with Gasteiger partial charge in [0.1, 0.15) is 17.6 Å². The zero-order valence-corrected chi connectivity index (χ0v) is 12.8. The van der Waals surface area contributed by atoms with E-state index >= 15 is 0 Å². The molecule has 3 aromatic rings. The summed E-state index contributed by atoms with van der Waals surface area (Å²) >= 11 is 0. The average Bonchev–Trinajstić information content (AvgIpc) is 3.14. The maximum atomic E-state index is 13.2. The summed E-state index contributed by atoms with van der Waals surface area (Å²) < 4.78 is 41.8. The van der Waals surface area contributed by atoms with E-state index < -0.39 is 18.0 Å². The summed E-state index contributed by atoms with van der Waals surface area (Å²) in [6.45, 7) is -0.0814. The first-order valence-electron chi connectivity index (χ1n) is 7.20. The van der Waals surface area contributed by atoms with Crippen molar-refractivity contribution in [3.63, 3.8) is 0 Å². The molecule has 1 N–H and O–H groups in total. The highest BCUT2D eigenvalue weighted by Gasteiger charge is 2.37. The van der Waals surface area contributed by atoms with E-state index in [1.165, 1.54) is 30.2 Å². The number of aryl methyl sites for hydroxylation is 1. The molecule has 24 heavy (non-hydrogen) atoms. The van der Waals surface area contributed by atoms with Crippen molar-refractivity contribution < 1.29 is 18.3 Å². The summed E-state index contributed by atoms with van der Waals surface area (Å²) in [6, 6.07) is 8.82. The van der Waals surface area contributed by atoms with Crippen LogP contribution in [0.4, 0.5) is 13.2 Å². The highest BCUT2D eigenvalue weighted by atomic mass is 19.4. The van der Waals surface area contributed by atoms with E-state index in [4.69, 9.17) is 0 Å². The van der Waals surface area contributed by atoms with Crippen molar-refractivity contribution in [2.45, 2.75) is 18.8 Å². The number of imidazole rings is 1. The van der Waals surface area contributed by atoms with E-state index in [0.29, 0.717) is 5.56 Å². The van der Waals surface area contributed by atoms with E-state index in [1.807, 2.05) is 6.07 Å². The molecule has 0 saturated carbocycles. The van der Waals surface area contributed by atoms with Gasteiger partial charge in [-0.3, -0.25) is 4.68 Å². The average molecular weight is 336 g/mol. The molecule has 126 valence electrons. The molecule has 0 amide bonds. The lowest BCUT2D eigenvalue weighted by atomic mass is 10.1. The lowest BCUT2D eigenvalue weighted by Crippen LogP contribution is -2.17. The van der Waals surface area contributed by atoms with Crippen LogP contribution in [-0.2, 0) is 19.8 Å². The molecule has 0 aliphatic rings. The topological polar surface area (TPSA) is 55.9 Å². The zero-order valence-electron chi connectivity index (χ0n) is 12.8. The molecule has 8 heteroatoms. The lowest BCUT2D eigenvalue weighted by Gasteiger charge is -2.15. The van der Waals surface area contributed by atoms with E-state index in [1.54, 1.807) is 24.3 Å². The second-order valence-electron chi connectivity index (χ2n) is 5.37. The predicted molar refractivity (Wildman–Crippen MR) is 80.0 cm³/mol. The number of alkyl halides is 3. The fourth-order valence-electron chi connectivity index (χ4n) is 2.63. The largest absolute Gasteiger partial charge is 0.433 e. The van der Waals surface area contributed by atoms with Crippen LogP contribution in [0.2, 0.25) is 0 Å². The van der Waals surface area contributed by atoms with E-state index in [-0.39, 0.29) is 17.9 Å². The summed E-state index contributed by atoms with van der Waals surface area (Å²) in [5, 5.41) is 14.1. The quantitative estimate of drug-likeness (QED) is 0.797. The summed E-state index contributed by atoms with van der Waals surface area (Å²) in [5.41, 5.74) is -0.173. The van der Waals surface area contributed by atoms with Crippen molar-refractivity contribution >= 4 is 0 Å². The van der Waals surface area contributed by atoms with Crippen LogP contribution < -0.4 is 0 Å². The number of aliphatic hydroxyl groups is 1. The maximum Gasteiger partial charge on any atom is 0.433 e. The lowest BCUT2D eigenvalue weighted by molar-refractivity contribution is -0.144. The SMILES string of the molecule is Cn1ncc(Cn2ccnc2C(O)c2ccccc2)c1C(F)(F)F. The van der Waals surface area contributed by atoms with Gasteiger partial charge in [0.25, 0.3) is 0 Å². The van der Waals surface area contributed by atoms with Crippen molar-refractivity contribution in [1.82, 2.24) is 19.3 Å². The van der Waals surface area contributed by atoms with Crippen LogP contribution >= 0.6 is 0 Å². The Kier molecular flexibility index (Phi) is 4.15. The van der Waals surface area contributed by atoms with Crippen LogP contribution in [0, 0.1) is 0 Å². The van der Waals surface area contributed by atoms with Crippen LogP contribution in [-0.4, -0.2) is 24.4 Å². The van der Waals surface area contributed by atoms with Gasteiger partial charge in [0.2, 0.25) is 0 Å². The Morgan fingerprint density at radius 1 is 1.21 bits per heavy atom. The predicted octanol–water partition coefficient (Wildman–Crippen LogP) is 2.77. The molecule has 2 aromatic heterocycles. The van der Waals surface area contributed by atoms with Crippen LogP contribution in [0.5, 0.6) is 0 Å². The van der Waals surface area contributed by atoms with Crippen LogP contribution in [0.3, 0.4) is 0 Å². The number of hydrogen-bond donors (Lipinski definition) is 1. The monoisotopic (exact) mass is 336 g/mol. The molecule has 3 rings (SSSR count). The molecule has 0 saturated heterocycles. The van der Waals surface area contributed by atoms with E-state index in [2.05, 4.69) is 10.1 Å². The summed E-state index contributed by atoms with van der Waals surface area (Å²) in [4.78, 5) is 4.09. The number of aliphatic hydroxyl groups excluding tert-OH is 1. The Hall–Kier alpha value is -2.61. The van der Waals surface area contributed by atoms with Gasteiger partial charge in [0.05, 0.1) is 12.7 Å². The van der Waals surface area contributed by atoms with Crippen molar-refractivity contribution in [3.05, 3.63) is 71.6 Å². The smallest absolute Gasteiger partial charge is 0.380 e. The Balaban J connectivity index is 1.93. The van der Waals surface area contributed by atoms with Gasteiger partial charge in [0, 0.05) is 25.0 Å². The third-order valence-electron chi connectivity index (χ3n) is 3.73. The third-order valence-corrected chi connectivity index (χ3v) is 3.73. The second-order valence-corrected chi connectivity index (χ2v) is 5.37. The van der Waals surface area contributed by atoms with Crippen LogP contribution in [0.25, 0.3) is 0 Å². The minimum atomic E-state index is -4.50. The fourth-order valence-corrected chi connectivity index (χ4v) is 2.63. The Bertz CT molecular complexity index is 823. The molecule has 0 radical (unpaired) electrons. The first kappa shape index (κ1) is 16.3. The number of nitrogens with zero attached hydrogens (tertiary/aromatic N) is 4. The molecule has 0 spiro atoms. The minimum Gasteiger partial charge on any atom is -0.380 e. The molecule has 2 heterocycles. The highest BCUT2D eigenvalue weighted by molar-refractivity contribution is 5.25. The van der Waals surface area contributed by atoms with Crippen molar-refractivity contribution in [2.24, 2.45) is 7.05 Å². The molecule has 0 fully saturated rings. The van der Waals surface area contributed by atoms with Gasteiger partial charge in [-0.25, -0.2) is 4.98 Å². The molecular weight excluding hydrogens is 321 g/mol. The minimum absolute atomic E-state index is 0.0181. The summed E-state index contributed by atoms with van der Waals surface area (Å²) in [5.74, 6) is 0.276. The number of rotatable bonds is 4. The third kappa shape index (κ3) is 3.05. The van der Waals surface area contributed by atoms with Gasteiger partial charge in [-0.15, -0.1) is 0 Å². The van der Waals surface area contributed by atoms with Gasteiger partial charge < -0.3 is 9.67 Å².